The van der Waals surface area contributed by atoms with Gasteiger partial charge in [-0.15, -0.1) is 6.58 Å². The van der Waals surface area contributed by atoms with Crippen LogP contribution in [-0.2, 0) is 20.9 Å². The van der Waals surface area contributed by atoms with Crippen LogP contribution in [0, 0.1) is 0 Å². The number of amides is 1. The lowest BCUT2D eigenvalue weighted by Crippen LogP contribution is -2.52. The van der Waals surface area contributed by atoms with Crippen molar-refractivity contribution in [2.45, 2.75) is 31.2 Å². The zero-order chi connectivity index (χ0) is 20.7. The zero-order valence-electron chi connectivity index (χ0n) is 16.5. The molecule has 0 saturated carbocycles. The maximum Gasteiger partial charge on any atom is 0.414 e. The van der Waals surface area contributed by atoms with Gasteiger partial charge < -0.3 is 9.47 Å². The predicted molar refractivity (Wildman–Crippen MR) is 114 cm³/mol. The molecule has 1 amide bonds. The van der Waals surface area contributed by atoms with E-state index in [1.54, 1.807) is 17.8 Å². The largest absolute Gasteiger partial charge is 0.444 e. The molecule has 1 aliphatic heterocycles. The zero-order valence-corrected chi connectivity index (χ0v) is 17.3. The summed E-state index contributed by atoms with van der Waals surface area (Å²) in [6.07, 6.45) is 2.99. The fourth-order valence-electron chi connectivity index (χ4n) is 3.50. The van der Waals surface area contributed by atoms with Gasteiger partial charge in [-0.2, -0.15) is 11.8 Å². The number of rotatable bonds is 8. The number of esters is 1. The van der Waals surface area contributed by atoms with Crippen molar-refractivity contribution in [2.75, 3.05) is 12.0 Å². The highest BCUT2D eigenvalue weighted by Gasteiger charge is 2.57. The number of carbonyl (C=O) groups is 2. The van der Waals surface area contributed by atoms with Gasteiger partial charge in [0.15, 0.2) is 5.54 Å². The Morgan fingerprint density at radius 1 is 1.21 bits per heavy atom. The SMILES string of the molecule is C=CC[C@]1(CCSC)C(=O)O[C@H](c2ccccc2)N1C(=O)OCc1ccccc1. The van der Waals surface area contributed by atoms with E-state index in [4.69, 9.17) is 9.47 Å². The smallest absolute Gasteiger partial charge is 0.414 e. The van der Waals surface area contributed by atoms with Gasteiger partial charge in [-0.3, -0.25) is 4.90 Å². The Bertz CT molecular complexity index is 842. The first-order valence-electron chi connectivity index (χ1n) is 9.48. The van der Waals surface area contributed by atoms with Crippen LogP contribution in [0.4, 0.5) is 4.79 Å². The van der Waals surface area contributed by atoms with Gasteiger partial charge >= 0.3 is 12.1 Å². The van der Waals surface area contributed by atoms with E-state index in [0.29, 0.717) is 18.6 Å². The number of hydrogen-bond acceptors (Lipinski definition) is 5. The van der Waals surface area contributed by atoms with Crippen molar-refractivity contribution in [1.82, 2.24) is 4.90 Å². The molecule has 6 heteroatoms. The third-order valence-electron chi connectivity index (χ3n) is 4.98. The van der Waals surface area contributed by atoms with Gasteiger partial charge in [0.2, 0.25) is 6.23 Å². The second-order valence-electron chi connectivity index (χ2n) is 6.85. The molecule has 1 saturated heterocycles. The van der Waals surface area contributed by atoms with Crippen molar-refractivity contribution >= 4 is 23.8 Å². The molecule has 2 atom stereocenters. The highest BCUT2D eigenvalue weighted by molar-refractivity contribution is 7.98. The molecule has 3 rings (SSSR count). The molecule has 29 heavy (non-hydrogen) atoms. The minimum absolute atomic E-state index is 0.124. The third-order valence-corrected chi connectivity index (χ3v) is 5.59. The normalized spacial score (nSPS) is 20.9. The molecule has 5 nitrogen and oxygen atoms in total. The number of nitrogens with zero attached hydrogens (tertiary/aromatic N) is 1. The molecule has 0 unspecified atom stereocenters. The average molecular weight is 412 g/mol. The summed E-state index contributed by atoms with van der Waals surface area (Å²) in [5, 5.41) is 0. The van der Waals surface area contributed by atoms with Crippen LogP contribution < -0.4 is 0 Å². The van der Waals surface area contributed by atoms with Crippen LogP contribution in [0.3, 0.4) is 0 Å². The van der Waals surface area contributed by atoms with E-state index in [1.807, 2.05) is 66.9 Å². The number of cyclic esters (lactones) is 1. The van der Waals surface area contributed by atoms with Crippen LogP contribution in [0.5, 0.6) is 0 Å². The van der Waals surface area contributed by atoms with E-state index in [0.717, 1.165) is 11.1 Å². The molecule has 1 heterocycles. The second-order valence-corrected chi connectivity index (χ2v) is 7.83. The van der Waals surface area contributed by atoms with Gasteiger partial charge in [0, 0.05) is 5.56 Å². The van der Waals surface area contributed by atoms with Gasteiger partial charge in [0.1, 0.15) is 6.61 Å². The van der Waals surface area contributed by atoms with Crippen molar-refractivity contribution in [2.24, 2.45) is 0 Å². The minimum Gasteiger partial charge on any atom is -0.444 e. The molecule has 152 valence electrons. The summed E-state index contributed by atoms with van der Waals surface area (Å²) in [5.74, 6) is 0.282. The minimum atomic E-state index is -1.13. The highest BCUT2D eigenvalue weighted by Crippen LogP contribution is 2.43. The molecule has 0 N–H and O–H groups in total. The topological polar surface area (TPSA) is 55.8 Å². The molecule has 2 aromatic carbocycles. The first-order valence-corrected chi connectivity index (χ1v) is 10.9. The van der Waals surface area contributed by atoms with Crippen LogP contribution in [-0.4, -0.2) is 34.5 Å². The fraction of sp³-hybridized carbons (Fsp3) is 0.304. The molecule has 0 radical (unpaired) electrons. The Hall–Kier alpha value is -2.73. The number of benzene rings is 2. The standard InChI is InChI=1S/C23H25NO4S/c1-3-14-23(15-16-29-2)21(25)28-20(19-12-8-5-9-13-19)24(23)22(26)27-17-18-10-6-4-7-11-18/h3-13,20H,1,14-17H2,2H3/t20-,23+/m1/s1. The molecular formula is C23H25NO4S. The summed E-state index contributed by atoms with van der Waals surface area (Å²) in [4.78, 5) is 27.7. The van der Waals surface area contributed by atoms with Crippen LogP contribution in [0.15, 0.2) is 73.3 Å². The molecule has 0 aromatic heterocycles. The summed E-state index contributed by atoms with van der Waals surface area (Å²) in [7, 11) is 0. The van der Waals surface area contributed by atoms with Crippen molar-refractivity contribution in [3.8, 4) is 0 Å². The van der Waals surface area contributed by atoms with E-state index in [2.05, 4.69) is 6.58 Å². The van der Waals surface area contributed by atoms with Crippen molar-refractivity contribution in [1.29, 1.82) is 0 Å². The monoisotopic (exact) mass is 411 g/mol. The van der Waals surface area contributed by atoms with E-state index in [1.165, 1.54) is 4.90 Å². The van der Waals surface area contributed by atoms with Crippen molar-refractivity contribution in [3.63, 3.8) is 0 Å². The summed E-state index contributed by atoms with van der Waals surface area (Å²) in [6.45, 7) is 3.93. The van der Waals surface area contributed by atoms with Gasteiger partial charge in [0.25, 0.3) is 0 Å². The number of carbonyl (C=O) groups excluding carboxylic acids is 2. The van der Waals surface area contributed by atoms with Gasteiger partial charge in [0.05, 0.1) is 0 Å². The Morgan fingerprint density at radius 3 is 2.48 bits per heavy atom. The van der Waals surface area contributed by atoms with Crippen LogP contribution in [0.25, 0.3) is 0 Å². The van der Waals surface area contributed by atoms with Crippen molar-refractivity contribution < 1.29 is 19.1 Å². The molecular weight excluding hydrogens is 386 g/mol. The first-order chi connectivity index (χ1) is 14.1. The van der Waals surface area contributed by atoms with Crippen LogP contribution in [0.1, 0.15) is 30.2 Å². The van der Waals surface area contributed by atoms with E-state index < -0.39 is 23.8 Å². The van der Waals surface area contributed by atoms with Crippen molar-refractivity contribution in [3.05, 3.63) is 84.4 Å². The Kier molecular flexibility index (Phi) is 6.99. The Labute approximate surface area is 175 Å². The fourth-order valence-corrected chi connectivity index (χ4v) is 4.04. The van der Waals surface area contributed by atoms with Gasteiger partial charge in [-0.05, 0) is 30.4 Å². The number of thioether (sulfide) groups is 1. The molecule has 0 aliphatic carbocycles. The van der Waals surface area contributed by atoms with Crippen LogP contribution in [0.2, 0.25) is 0 Å². The molecule has 0 spiro atoms. The summed E-state index contributed by atoms with van der Waals surface area (Å²) < 4.78 is 11.3. The first kappa shape index (κ1) is 21.0. The lowest BCUT2D eigenvalue weighted by atomic mass is 9.90. The highest BCUT2D eigenvalue weighted by atomic mass is 32.2. The molecule has 0 bridgehead atoms. The lowest BCUT2D eigenvalue weighted by molar-refractivity contribution is -0.145. The molecule has 1 aliphatic rings. The average Bonchev–Trinajstić information content (AvgIpc) is 3.04. The van der Waals surface area contributed by atoms with E-state index in [-0.39, 0.29) is 6.61 Å². The van der Waals surface area contributed by atoms with Gasteiger partial charge in [-0.1, -0.05) is 66.7 Å². The quantitative estimate of drug-likeness (QED) is 0.454. The lowest BCUT2D eigenvalue weighted by Gasteiger charge is -2.35. The number of hydrogen-bond donors (Lipinski definition) is 0. The van der Waals surface area contributed by atoms with Gasteiger partial charge in [-0.25, -0.2) is 9.59 Å². The maximum atomic E-state index is 13.2. The molecule has 2 aromatic rings. The molecule has 1 fully saturated rings. The van der Waals surface area contributed by atoms with Crippen LogP contribution >= 0.6 is 11.8 Å². The third kappa shape index (κ3) is 4.48. The summed E-state index contributed by atoms with van der Waals surface area (Å²) >= 11 is 1.62. The predicted octanol–water partition coefficient (Wildman–Crippen LogP) is 4.95. The van der Waals surface area contributed by atoms with E-state index >= 15 is 0 Å². The number of ether oxygens (including phenoxy) is 2. The summed E-state index contributed by atoms with van der Waals surface area (Å²) in [5.41, 5.74) is 0.480. The maximum absolute atomic E-state index is 13.2. The second kappa shape index (κ2) is 9.65. The summed E-state index contributed by atoms with van der Waals surface area (Å²) in [6, 6.07) is 18.7. The Balaban J connectivity index is 1.94. The van der Waals surface area contributed by atoms with E-state index in [9.17, 15) is 9.59 Å². The Morgan fingerprint density at radius 2 is 1.86 bits per heavy atom.